The Hall–Kier alpha value is -3.45. The molecule has 2 aromatic carbocycles. The van der Waals surface area contributed by atoms with Gasteiger partial charge in [-0.15, -0.1) is 0 Å². The van der Waals surface area contributed by atoms with Crippen LogP contribution in [0.25, 0.3) is 0 Å². The fraction of sp³-hybridized carbons (Fsp3) is 0.190. The van der Waals surface area contributed by atoms with Crippen LogP contribution in [0.15, 0.2) is 73.0 Å². The van der Waals surface area contributed by atoms with Crippen LogP contribution in [-0.4, -0.2) is 30.0 Å². The second-order valence-electron chi connectivity index (χ2n) is 6.87. The molecule has 7 heteroatoms. The van der Waals surface area contributed by atoms with Crippen LogP contribution in [0, 0.1) is 0 Å². The van der Waals surface area contributed by atoms with Crippen LogP contribution in [0.3, 0.4) is 0 Å². The summed E-state index contributed by atoms with van der Waals surface area (Å²) >= 11 is 0. The van der Waals surface area contributed by atoms with E-state index in [9.17, 15) is 9.90 Å². The third-order valence-electron chi connectivity index (χ3n) is 5.08. The molecule has 2 aromatic rings. The number of hydrogen-bond acceptors (Lipinski definition) is 6. The molecule has 1 unspecified atom stereocenters. The van der Waals surface area contributed by atoms with Crippen molar-refractivity contribution in [1.82, 2.24) is 5.32 Å². The van der Waals surface area contributed by atoms with E-state index in [0.717, 1.165) is 17.1 Å². The predicted molar refractivity (Wildman–Crippen MR) is 104 cm³/mol. The Labute approximate surface area is 162 Å². The number of cyclic esters (lactones) is 1. The molecule has 1 saturated heterocycles. The van der Waals surface area contributed by atoms with Gasteiger partial charge in [-0.25, -0.2) is 4.79 Å². The number of para-hydroxylation sites is 1. The van der Waals surface area contributed by atoms with Gasteiger partial charge in [0.25, 0.3) is 0 Å². The van der Waals surface area contributed by atoms with Crippen molar-refractivity contribution < 1.29 is 19.4 Å². The maximum Gasteiger partial charge on any atom is 0.414 e. The van der Waals surface area contributed by atoms with Gasteiger partial charge in [0.1, 0.15) is 12.4 Å². The van der Waals surface area contributed by atoms with E-state index in [1.165, 1.54) is 4.90 Å². The summed E-state index contributed by atoms with van der Waals surface area (Å²) in [6.07, 6.45) is 3.86. The number of ether oxygens (including phenoxy) is 2. The lowest BCUT2D eigenvalue weighted by Gasteiger charge is -2.28. The van der Waals surface area contributed by atoms with E-state index >= 15 is 0 Å². The molecule has 3 heterocycles. The van der Waals surface area contributed by atoms with Crippen LogP contribution in [0.5, 0.6) is 5.75 Å². The van der Waals surface area contributed by atoms with Gasteiger partial charge in [-0.1, -0.05) is 36.4 Å². The number of nitrogens with zero attached hydrogens (tertiary/aromatic N) is 2. The maximum absolute atomic E-state index is 12.5. The molecule has 28 heavy (non-hydrogen) atoms. The molecular formula is C21H19N3O4. The minimum absolute atomic E-state index is 0.261. The summed E-state index contributed by atoms with van der Waals surface area (Å²) in [4.78, 5) is 16.0. The number of aliphatic hydroxyl groups is 1. The molecule has 3 aliphatic rings. The molecule has 0 aliphatic carbocycles. The van der Waals surface area contributed by atoms with Crippen LogP contribution >= 0.6 is 0 Å². The van der Waals surface area contributed by atoms with Crippen molar-refractivity contribution in [2.75, 3.05) is 16.3 Å². The van der Waals surface area contributed by atoms with Crippen molar-refractivity contribution in [3.05, 3.63) is 78.6 Å². The number of carbonyl (C=O) groups is 1. The fourth-order valence-corrected chi connectivity index (χ4v) is 3.67. The lowest BCUT2D eigenvalue weighted by Crippen LogP contribution is -2.33. The van der Waals surface area contributed by atoms with Gasteiger partial charge in [-0.3, -0.25) is 9.80 Å². The number of rotatable bonds is 4. The average Bonchev–Trinajstić information content (AvgIpc) is 3.35. The first-order valence-corrected chi connectivity index (χ1v) is 9.13. The van der Waals surface area contributed by atoms with E-state index < -0.39 is 18.3 Å². The number of carbonyl (C=O) groups excluding carboxylic acids is 1. The van der Waals surface area contributed by atoms with Crippen LogP contribution < -0.4 is 19.9 Å². The molecule has 0 aromatic heterocycles. The van der Waals surface area contributed by atoms with Crippen molar-refractivity contribution >= 4 is 17.5 Å². The monoisotopic (exact) mass is 377 g/mol. The van der Waals surface area contributed by atoms with Crippen LogP contribution in [0.2, 0.25) is 0 Å². The third-order valence-corrected chi connectivity index (χ3v) is 5.08. The lowest BCUT2D eigenvalue weighted by atomic mass is 10.0. The molecule has 7 nitrogen and oxygen atoms in total. The highest BCUT2D eigenvalue weighted by molar-refractivity contribution is 5.94. The molecular weight excluding hydrogens is 358 g/mol. The molecule has 0 radical (unpaired) electrons. The van der Waals surface area contributed by atoms with Gasteiger partial charge in [0.2, 0.25) is 0 Å². The van der Waals surface area contributed by atoms with Crippen LogP contribution in [-0.2, 0) is 11.2 Å². The van der Waals surface area contributed by atoms with E-state index in [4.69, 9.17) is 9.47 Å². The fourth-order valence-electron chi connectivity index (χ4n) is 3.67. The summed E-state index contributed by atoms with van der Waals surface area (Å²) in [5.41, 5.74) is 2.45. The zero-order valence-corrected chi connectivity index (χ0v) is 15.0. The second kappa shape index (κ2) is 6.61. The first-order valence-electron chi connectivity index (χ1n) is 9.13. The summed E-state index contributed by atoms with van der Waals surface area (Å²) in [6, 6.07) is 15.3. The van der Waals surface area contributed by atoms with Crippen molar-refractivity contribution in [3.63, 3.8) is 0 Å². The normalized spacial score (nSPS) is 20.7. The molecule has 142 valence electrons. The summed E-state index contributed by atoms with van der Waals surface area (Å²) < 4.78 is 11.3. The van der Waals surface area contributed by atoms with Crippen LogP contribution in [0.4, 0.5) is 16.2 Å². The quantitative estimate of drug-likeness (QED) is 0.854. The number of fused-ring (bicyclic) bond motifs is 3. The van der Waals surface area contributed by atoms with Gasteiger partial charge < -0.3 is 19.9 Å². The summed E-state index contributed by atoms with van der Waals surface area (Å²) in [5, 5.41) is 13.7. The van der Waals surface area contributed by atoms with Gasteiger partial charge in [-0.2, -0.15) is 0 Å². The zero-order valence-electron chi connectivity index (χ0n) is 15.0. The number of nitrogens with one attached hydrogen (secondary N) is 1. The molecule has 5 rings (SSSR count). The Morgan fingerprint density at radius 3 is 2.82 bits per heavy atom. The standard InChI is InChI=1S/C21H19N3O4/c25-17(11-14-5-2-1-3-6-14)18-12-24(21(26)28-18)16-8-4-7-15-20(16)27-13-19-22-9-10-23(15)19/h1-10,13,17-18,22,25H,11-12H2/t17?,18-/m1/s1. The van der Waals surface area contributed by atoms with Gasteiger partial charge >= 0.3 is 6.09 Å². The van der Waals surface area contributed by atoms with Crippen molar-refractivity contribution in [2.24, 2.45) is 0 Å². The van der Waals surface area contributed by atoms with Crippen molar-refractivity contribution in [2.45, 2.75) is 18.6 Å². The molecule has 3 aliphatic heterocycles. The lowest BCUT2D eigenvalue weighted by molar-refractivity contribution is 0.0331. The molecule has 0 bridgehead atoms. The number of benzene rings is 2. The highest BCUT2D eigenvalue weighted by atomic mass is 16.6. The largest absolute Gasteiger partial charge is 0.457 e. The number of hydrogen-bond donors (Lipinski definition) is 2. The molecule has 0 saturated carbocycles. The second-order valence-corrected chi connectivity index (χ2v) is 6.87. The van der Waals surface area contributed by atoms with Gasteiger partial charge in [0, 0.05) is 18.8 Å². The molecule has 0 spiro atoms. The SMILES string of the molecule is O=C1O[C@@H](C(O)Cc2ccccc2)CN1c1cccc2c1OC=C1NC=CN12. The minimum Gasteiger partial charge on any atom is -0.457 e. The molecule has 2 N–H and O–H groups in total. The Morgan fingerprint density at radius 1 is 1.14 bits per heavy atom. The van der Waals surface area contributed by atoms with Gasteiger partial charge in [-0.05, 0) is 17.7 Å². The summed E-state index contributed by atoms with van der Waals surface area (Å²) in [7, 11) is 0. The highest BCUT2D eigenvalue weighted by Gasteiger charge is 2.39. The molecule has 1 amide bonds. The number of amides is 1. The Bertz CT molecular complexity index is 973. The zero-order chi connectivity index (χ0) is 19.1. The van der Waals surface area contributed by atoms with Gasteiger partial charge in [0.05, 0.1) is 24.0 Å². The van der Waals surface area contributed by atoms with E-state index in [1.54, 1.807) is 6.26 Å². The Balaban J connectivity index is 1.38. The number of anilines is 2. The first-order chi connectivity index (χ1) is 13.7. The van der Waals surface area contributed by atoms with Crippen molar-refractivity contribution in [1.29, 1.82) is 0 Å². The topological polar surface area (TPSA) is 74.3 Å². The summed E-state index contributed by atoms with van der Waals surface area (Å²) in [6.45, 7) is 0.261. The van der Waals surface area contributed by atoms with E-state index in [2.05, 4.69) is 5.32 Å². The van der Waals surface area contributed by atoms with E-state index in [-0.39, 0.29) is 6.54 Å². The van der Waals surface area contributed by atoms with Crippen molar-refractivity contribution in [3.8, 4) is 5.75 Å². The Morgan fingerprint density at radius 2 is 1.96 bits per heavy atom. The smallest absolute Gasteiger partial charge is 0.414 e. The molecule has 1 fully saturated rings. The third kappa shape index (κ3) is 2.76. The maximum atomic E-state index is 12.5. The number of aliphatic hydroxyl groups excluding tert-OH is 1. The van der Waals surface area contributed by atoms with Crippen LogP contribution in [0.1, 0.15) is 5.56 Å². The predicted octanol–water partition coefficient (Wildman–Crippen LogP) is 2.69. The highest BCUT2D eigenvalue weighted by Crippen LogP contribution is 2.44. The average molecular weight is 377 g/mol. The minimum atomic E-state index is -0.783. The molecule has 2 atom stereocenters. The van der Waals surface area contributed by atoms with E-state index in [1.807, 2.05) is 65.8 Å². The first kappa shape index (κ1) is 16.7. The van der Waals surface area contributed by atoms with Gasteiger partial charge in [0.15, 0.2) is 11.6 Å². The Kier molecular flexibility index (Phi) is 3.95. The van der Waals surface area contributed by atoms with E-state index in [0.29, 0.717) is 17.9 Å². The summed E-state index contributed by atoms with van der Waals surface area (Å²) in [5.74, 6) is 1.39.